The van der Waals surface area contributed by atoms with Crippen LogP contribution in [0.3, 0.4) is 0 Å². The van der Waals surface area contributed by atoms with Crippen LogP contribution in [0, 0.1) is 5.41 Å². The molecule has 1 atom stereocenters. The molecule has 19 heavy (non-hydrogen) atoms. The molecule has 3 nitrogen and oxygen atoms in total. The summed E-state index contributed by atoms with van der Waals surface area (Å²) in [6, 6.07) is 6.45. The smallest absolute Gasteiger partial charge is 0.0858 e. The van der Waals surface area contributed by atoms with E-state index in [0.717, 1.165) is 31.4 Å². The molecule has 1 aliphatic carbocycles. The molecule has 1 unspecified atom stereocenters. The molecule has 1 aliphatic heterocycles. The van der Waals surface area contributed by atoms with Crippen molar-refractivity contribution in [2.45, 2.75) is 38.2 Å². The molecule has 1 aromatic carbocycles. The number of anilines is 1. The van der Waals surface area contributed by atoms with E-state index in [2.05, 4.69) is 30.1 Å². The van der Waals surface area contributed by atoms with Crippen LogP contribution in [0.25, 0.3) is 0 Å². The van der Waals surface area contributed by atoms with E-state index in [1.807, 2.05) is 0 Å². The van der Waals surface area contributed by atoms with E-state index in [4.69, 9.17) is 5.73 Å². The van der Waals surface area contributed by atoms with Crippen molar-refractivity contribution in [2.75, 3.05) is 25.0 Å². The van der Waals surface area contributed by atoms with Crippen LogP contribution in [0.15, 0.2) is 18.2 Å². The minimum absolute atomic E-state index is 0.0607. The van der Waals surface area contributed by atoms with Crippen molar-refractivity contribution < 1.29 is 5.11 Å². The number of hydrogen-bond donors (Lipinski definition) is 2. The number of nitrogens with two attached hydrogens (primary N) is 1. The zero-order chi connectivity index (χ0) is 13.5. The summed E-state index contributed by atoms with van der Waals surface area (Å²) < 4.78 is 0. The minimum Gasteiger partial charge on any atom is -0.388 e. The number of aryl methyl sites for hydroxylation is 1. The number of fused-ring (bicyclic) bond motifs is 1. The maximum Gasteiger partial charge on any atom is 0.0858 e. The first-order valence-electron chi connectivity index (χ1n) is 7.38. The first-order valence-corrected chi connectivity index (χ1v) is 7.38. The fraction of sp³-hybridized carbons (Fsp3) is 0.625. The van der Waals surface area contributed by atoms with Crippen molar-refractivity contribution in [2.24, 2.45) is 11.1 Å². The Hall–Kier alpha value is -1.06. The highest BCUT2D eigenvalue weighted by molar-refractivity contribution is 5.56. The first-order chi connectivity index (χ1) is 9.16. The molecule has 0 saturated heterocycles. The van der Waals surface area contributed by atoms with Gasteiger partial charge in [-0.3, -0.25) is 0 Å². The molecule has 0 spiro atoms. The van der Waals surface area contributed by atoms with Crippen LogP contribution in [-0.4, -0.2) is 25.2 Å². The van der Waals surface area contributed by atoms with E-state index in [0.29, 0.717) is 6.54 Å². The second-order valence-electron chi connectivity index (χ2n) is 6.24. The second kappa shape index (κ2) is 4.80. The zero-order valence-corrected chi connectivity index (χ0v) is 11.7. The lowest BCUT2D eigenvalue weighted by Gasteiger charge is -2.45. The Morgan fingerprint density at radius 3 is 2.79 bits per heavy atom. The van der Waals surface area contributed by atoms with Gasteiger partial charge in [0, 0.05) is 31.2 Å². The van der Waals surface area contributed by atoms with Gasteiger partial charge in [0.25, 0.3) is 0 Å². The Kier molecular flexibility index (Phi) is 3.27. The number of benzene rings is 1. The summed E-state index contributed by atoms with van der Waals surface area (Å²) in [4.78, 5) is 2.30. The van der Waals surface area contributed by atoms with Gasteiger partial charge in [-0.05, 0) is 42.9 Å². The molecule has 3 rings (SSSR count). The number of rotatable bonds is 3. The number of hydrogen-bond acceptors (Lipinski definition) is 3. The van der Waals surface area contributed by atoms with E-state index < -0.39 is 6.10 Å². The maximum absolute atomic E-state index is 10.7. The average molecular weight is 260 g/mol. The van der Waals surface area contributed by atoms with Gasteiger partial charge in [0.05, 0.1) is 6.10 Å². The van der Waals surface area contributed by atoms with Gasteiger partial charge in [0.1, 0.15) is 0 Å². The Balaban J connectivity index is 1.89. The Bertz CT molecular complexity index is 462. The molecule has 0 aromatic heterocycles. The summed E-state index contributed by atoms with van der Waals surface area (Å²) in [5.41, 5.74) is 9.58. The summed E-state index contributed by atoms with van der Waals surface area (Å²) in [6.45, 7) is 1.72. The molecule has 1 aromatic rings. The average Bonchev–Trinajstić information content (AvgIpc) is 2.38. The van der Waals surface area contributed by atoms with Crippen molar-refractivity contribution >= 4 is 5.69 Å². The zero-order valence-electron chi connectivity index (χ0n) is 11.7. The van der Waals surface area contributed by atoms with Crippen molar-refractivity contribution in [3.8, 4) is 0 Å². The van der Waals surface area contributed by atoms with Crippen LogP contribution < -0.4 is 10.6 Å². The van der Waals surface area contributed by atoms with Crippen LogP contribution >= 0.6 is 0 Å². The SMILES string of the molecule is CN1CCCc2cc(C(O)C3(CN)CCC3)ccc21. The van der Waals surface area contributed by atoms with Gasteiger partial charge in [-0.1, -0.05) is 18.6 Å². The molecular weight excluding hydrogens is 236 g/mol. The van der Waals surface area contributed by atoms with E-state index in [9.17, 15) is 5.11 Å². The quantitative estimate of drug-likeness (QED) is 0.876. The van der Waals surface area contributed by atoms with Gasteiger partial charge < -0.3 is 15.7 Å². The number of nitrogens with zero attached hydrogens (tertiary/aromatic N) is 1. The fourth-order valence-electron chi connectivity index (χ4n) is 3.55. The molecular formula is C16H24N2O. The van der Waals surface area contributed by atoms with Crippen LogP contribution in [0.5, 0.6) is 0 Å². The third kappa shape index (κ3) is 2.05. The monoisotopic (exact) mass is 260 g/mol. The van der Waals surface area contributed by atoms with Crippen LogP contribution in [-0.2, 0) is 6.42 Å². The third-order valence-corrected chi connectivity index (χ3v) is 5.11. The van der Waals surface area contributed by atoms with Gasteiger partial charge in [0.2, 0.25) is 0 Å². The standard InChI is InChI=1S/C16H24N2O/c1-18-9-2-4-12-10-13(5-6-14(12)18)15(19)16(11-17)7-3-8-16/h5-6,10,15,19H,2-4,7-9,11,17H2,1H3. The van der Waals surface area contributed by atoms with Gasteiger partial charge in [0.15, 0.2) is 0 Å². The summed E-state index contributed by atoms with van der Waals surface area (Å²) in [6.07, 6.45) is 5.23. The molecule has 3 N–H and O–H groups in total. The molecule has 1 saturated carbocycles. The number of aliphatic hydroxyl groups is 1. The van der Waals surface area contributed by atoms with Crippen molar-refractivity contribution in [3.63, 3.8) is 0 Å². The van der Waals surface area contributed by atoms with E-state index in [1.54, 1.807) is 0 Å². The minimum atomic E-state index is -0.399. The molecule has 104 valence electrons. The van der Waals surface area contributed by atoms with Crippen molar-refractivity contribution in [3.05, 3.63) is 29.3 Å². The normalized spacial score (nSPS) is 22.6. The lowest BCUT2D eigenvalue weighted by Crippen LogP contribution is -2.42. The van der Waals surface area contributed by atoms with E-state index >= 15 is 0 Å². The van der Waals surface area contributed by atoms with Gasteiger partial charge in [-0.25, -0.2) is 0 Å². The van der Waals surface area contributed by atoms with E-state index in [-0.39, 0.29) is 5.41 Å². The predicted molar refractivity (Wildman–Crippen MR) is 78.3 cm³/mol. The first kappa shape index (κ1) is 12.9. The summed E-state index contributed by atoms with van der Waals surface area (Å²) in [7, 11) is 2.14. The number of aliphatic hydroxyl groups excluding tert-OH is 1. The fourth-order valence-corrected chi connectivity index (χ4v) is 3.55. The van der Waals surface area contributed by atoms with Crippen LogP contribution in [0.2, 0.25) is 0 Å². The lowest BCUT2D eigenvalue weighted by molar-refractivity contribution is -0.0297. The lowest BCUT2D eigenvalue weighted by atomic mass is 9.63. The van der Waals surface area contributed by atoms with Gasteiger partial charge >= 0.3 is 0 Å². The molecule has 3 heteroatoms. The summed E-state index contributed by atoms with van der Waals surface area (Å²) in [5.74, 6) is 0. The highest BCUT2D eigenvalue weighted by atomic mass is 16.3. The largest absolute Gasteiger partial charge is 0.388 e. The van der Waals surface area contributed by atoms with Gasteiger partial charge in [-0.15, -0.1) is 0 Å². The molecule has 0 amide bonds. The predicted octanol–water partition coefficient (Wildman–Crippen LogP) is 2.23. The Labute approximate surface area is 115 Å². The van der Waals surface area contributed by atoms with Crippen LogP contribution in [0.1, 0.15) is 42.9 Å². The van der Waals surface area contributed by atoms with Crippen LogP contribution in [0.4, 0.5) is 5.69 Å². The highest BCUT2D eigenvalue weighted by Gasteiger charge is 2.43. The summed E-state index contributed by atoms with van der Waals surface area (Å²) in [5, 5.41) is 10.7. The molecule has 2 aliphatic rings. The molecule has 1 fully saturated rings. The van der Waals surface area contributed by atoms with Gasteiger partial charge in [-0.2, -0.15) is 0 Å². The Morgan fingerprint density at radius 1 is 1.37 bits per heavy atom. The van der Waals surface area contributed by atoms with Crippen molar-refractivity contribution in [1.82, 2.24) is 0 Å². The Morgan fingerprint density at radius 2 is 2.16 bits per heavy atom. The summed E-state index contributed by atoms with van der Waals surface area (Å²) >= 11 is 0. The maximum atomic E-state index is 10.7. The molecule has 0 radical (unpaired) electrons. The van der Waals surface area contributed by atoms with E-state index in [1.165, 1.54) is 24.1 Å². The highest BCUT2D eigenvalue weighted by Crippen LogP contribution is 2.49. The molecule has 1 heterocycles. The third-order valence-electron chi connectivity index (χ3n) is 5.11. The second-order valence-corrected chi connectivity index (χ2v) is 6.24. The topological polar surface area (TPSA) is 49.5 Å². The van der Waals surface area contributed by atoms with Crippen molar-refractivity contribution in [1.29, 1.82) is 0 Å². The molecule has 0 bridgehead atoms.